The van der Waals surface area contributed by atoms with E-state index in [4.69, 9.17) is 0 Å². The van der Waals surface area contributed by atoms with Gasteiger partial charge in [-0.15, -0.1) is 0 Å². The van der Waals surface area contributed by atoms with Crippen LogP contribution in [0.3, 0.4) is 0 Å². The van der Waals surface area contributed by atoms with E-state index in [1.165, 1.54) is 37.8 Å². The Labute approximate surface area is 172 Å². The van der Waals surface area contributed by atoms with Crippen LogP contribution in [0.25, 0.3) is 0 Å². The van der Waals surface area contributed by atoms with E-state index < -0.39 is 0 Å². The fourth-order valence-electron chi connectivity index (χ4n) is 4.16. The highest BCUT2D eigenvalue weighted by atomic mass is 19.1. The van der Waals surface area contributed by atoms with Crippen LogP contribution in [0.1, 0.15) is 45.4 Å². The number of hydrogen-bond donors (Lipinski definition) is 2. The third-order valence-electron chi connectivity index (χ3n) is 6.03. The zero-order valence-corrected chi connectivity index (χ0v) is 17.3. The zero-order chi connectivity index (χ0) is 20.6. The Balaban J connectivity index is 1.39. The number of piperazine rings is 1. The van der Waals surface area contributed by atoms with Crippen LogP contribution in [0, 0.1) is 5.82 Å². The number of carbonyl (C=O) groups is 2. The second kappa shape index (κ2) is 10.7. The average Bonchev–Trinajstić information content (AvgIpc) is 2.98. The first-order valence-electron chi connectivity index (χ1n) is 10.8. The van der Waals surface area contributed by atoms with Crippen molar-refractivity contribution in [3.63, 3.8) is 0 Å². The molecule has 1 saturated carbocycles. The molecule has 1 unspecified atom stereocenters. The van der Waals surface area contributed by atoms with E-state index in [0.717, 1.165) is 39.0 Å². The van der Waals surface area contributed by atoms with Crippen LogP contribution < -0.4 is 10.6 Å². The van der Waals surface area contributed by atoms with Gasteiger partial charge in [-0.05, 0) is 44.0 Å². The molecule has 1 aromatic rings. The van der Waals surface area contributed by atoms with E-state index in [2.05, 4.69) is 20.4 Å². The van der Waals surface area contributed by atoms with Gasteiger partial charge in [0.05, 0.1) is 12.6 Å². The quantitative estimate of drug-likeness (QED) is 0.716. The summed E-state index contributed by atoms with van der Waals surface area (Å²) in [4.78, 5) is 29.1. The average molecular weight is 405 g/mol. The maximum Gasteiger partial charge on any atom is 0.238 e. The summed E-state index contributed by atoms with van der Waals surface area (Å²) in [6.07, 6.45) is 7.15. The van der Waals surface area contributed by atoms with Gasteiger partial charge in [-0.1, -0.05) is 25.7 Å². The number of benzene rings is 1. The minimum Gasteiger partial charge on any atom is -0.352 e. The van der Waals surface area contributed by atoms with Gasteiger partial charge < -0.3 is 10.6 Å². The summed E-state index contributed by atoms with van der Waals surface area (Å²) in [7, 11) is 0. The summed E-state index contributed by atoms with van der Waals surface area (Å²) in [5.41, 5.74) is 0.596. The van der Waals surface area contributed by atoms with Crippen LogP contribution in [0.2, 0.25) is 0 Å². The second-order valence-corrected chi connectivity index (χ2v) is 8.24. The molecule has 1 aliphatic carbocycles. The number of hydrogen-bond acceptors (Lipinski definition) is 4. The van der Waals surface area contributed by atoms with Crippen molar-refractivity contribution in [3.05, 3.63) is 30.1 Å². The molecule has 0 bridgehead atoms. The molecule has 1 saturated heterocycles. The Morgan fingerprint density at radius 1 is 1.03 bits per heavy atom. The van der Waals surface area contributed by atoms with Gasteiger partial charge in [0.2, 0.25) is 11.8 Å². The number of halogens is 1. The molecule has 160 valence electrons. The van der Waals surface area contributed by atoms with Gasteiger partial charge in [0.1, 0.15) is 5.82 Å². The Bertz CT molecular complexity index is 666. The molecule has 2 amide bonds. The van der Waals surface area contributed by atoms with E-state index >= 15 is 0 Å². The highest BCUT2D eigenvalue weighted by molar-refractivity contribution is 5.92. The van der Waals surface area contributed by atoms with Crippen LogP contribution in [-0.2, 0) is 9.59 Å². The Morgan fingerprint density at radius 3 is 2.28 bits per heavy atom. The first-order chi connectivity index (χ1) is 14.0. The summed E-state index contributed by atoms with van der Waals surface area (Å²) in [6, 6.07) is 5.95. The molecule has 7 heteroatoms. The van der Waals surface area contributed by atoms with Crippen LogP contribution in [0.4, 0.5) is 10.1 Å². The van der Waals surface area contributed by atoms with Crippen molar-refractivity contribution in [1.82, 2.24) is 15.1 Å². The minimum atomic E-state index is -0.323. The smallest absolute Gasteiger partial charge is 0.238 e. The molecule has 1 aliphatic heterocycles. The SMILES string of the molecule is CC(C(=O)NC1CCCCCC1)N1CCN(CC(=O)Nc2ccc(F)cc2)CC1. The van der Waals surface area contributed by atoms with E-state index in [0.29, 0.717) is 18.3 Å². The maximum absolute atomic E-state index is 13.0. The highest BCUT2D eigenvalue weighted by Crippen LogP contribution is 2.18. The topological polar surface area (TPSA) is 64.7 Å². The molecule has 0 spiro atoms. The molecule has 2 fully saturated rings. The lowest BCUT2D eigenvalue weighted by Gasteiger charge is -2.37. The molecular weight excluding hydrogens is 371 g/mol. The summed E-state index contributed by atoms with van der Waals surface area (Å²) >= 11 is 0. The summed E-state index contributed by atoms with van der Waals surface area (Å²) < 4.78 is 13.0. The van der Waals surface area contributed by atoms with Crippen molar-refractivity contribution >= 4 is 17.5 Å². The van der Waals surface area contributed by atoms with Crippen LogP contribution >= 0.6 is 0 Å². The third kappa shape index (κ3) is 6.78. The predicted octanol–water partition coefficient (Wildman–Crippen LogP) is 2.61. The number of nitrogens with zero attached hydrogens (tertiary/aromatic N) is 2. The Hall–Kier alpha value is -1.99. The number of amides is 2. The molecule has 3 rings (SSSR count). The molecule has 1 atom stereocenters. The van der Waals surface area contributed by atoms with Gasteiger partial charge in [-0.3, -0.25) is 19.4 Å². The Morgan fingerprint density at radius 2 is 1.66 bits per heavy atom. The van der Waals surface area contributed by atoms with Gasteiger partial charge >= 0.3 is 0 Å². The van der Waals surface area contributed by atoms with Gasteiger partial charge in [-0.2, -0.15) is 0 Å². The fourth-order valence-corrected chi connectivity index (χ4v) is 4.16. The van der Waals surface area contributed by atoms with Crippen molar-refractivity contribution in [1.29, 1.82) is 0 Å². The first kappa shape index (κ1) is 21.7. The lowest BCUT2D eigenvalue weighted by Crippen LogP contribution is -2.55. The number of carbonyl (C=O) groups excluding carboxylic acids is 2. The monoisotopic (exact) mass is 404 g/mol. The lowest BCUT2D eigenvalue weighted by molar-refractivity contribution is -0.128. The Kier molecular flexibility index (Phi) is 8.00. The van der Waals surface area contributed by atoms with Gasteiger partial charge in [-0.25, -0.2) is 4.39 Å². The van der Waals surface area contributed by atoms with Crippen molar-refractivity contribution in [2.45, 2.75) is 57.5 Å². The summed E-state index contributed by atoms with van der Waals surface area (Å²) in [5, 5.41) is 6.04. The normalized spacial score (nSPS) is 20.6. The van der Waals surface area contributed by atoms with Crippen LogP contribution in [-0.4, -0.2) is 66.4 Å². The van der Waals surface area contributed by atoms with Crippen molar-refractivity contribution in [2.24, 2.45) is 0 Å². The van der Waals surface area contributed by atoms with Crippen molar-refractivity contribution in [2.75, 3.05) is 38.0 Å². The van der Waals surface area contributed by atoms with Gasteiger partial charge in [0, 0.05) is 37.9 Å². The molecular formula is C22H33FN4O2. The molecule has 0 aromatic heterocycles. The molecule has 1 heterocycles. The zero-order valence-electron chi connectivity index (χ0n) is 17.3. The molecule has 1 aromatic carbocycles. The molecule has 29 heavy (non-hydrogen) atoms. The van der Waals surface area contributed by atoms with Crippen LogP contribution in [0.5, 0.6) is 0 Å². The number of nitrogens with one attached hydrogen (secondary N) is 2. The highest BCUT2D eigenvalue weighted by Gasteiger charge is 2.27. The van der Waals surface area contributed by atoms with E-state index in [1.54, 1.807) is 12.1 Å². The summed E-state index contributed by atoms with van der Waals surface area (Å²) in [5.74, 6) is -0.306. The van der Waals surface area contributed by atoms with Crippen LogP contribution in [0.15, 0.2) is 24.3 Å². The molecule has 2 N–H and O–H groups in total. The third-order valence-corrected chi connectivity index (χ3v) is 6.03. The van der Waals surface area contributed by atoms with Crippen molar-refractivity contribution in [3.8, 4) is 0 Å². The largest absolute Gasteiger partial charge is 0.352 e. The summed E-state index contributed by atoms with van der Waals surface area (Å²) in [6.45, 7) is 5.30. The van der Waals surface area contributed by atoms with E-state index in [-0.39, 0.29) is 23.7 Å². The molecule has 2 aliphatic rings. The number of anilines is 1. The molecule has 6 nitrogen and oxygen atoms in total. The van der Waals surface area contributed by atoms with Gasteiger partial charge in [0.25, 0.3) is 0 Å². The minimum absolute atomic E-state index is 0.107. The standard InChI is InChI=1S/C22H33FN4O2/c1-17(22(29)25-19-6-4-2-3-5-7-19)27-14-12-26(13-15-27)16-21(28)24-20-10-8-18(23)9-11-20/h8-11,17,19H,2-7,12-16H2,1H3,(H,24,28)(H,25,29). The first-order valence-corrected chi connectivity index (χ1v) is 10.8. The van der Waals surface area contributed by atoms with Gasteiger partial charge in [0.15, 0.2) is 0 Å². The maximum atomic E-state index is 13.0. The second-order valence-electron chi connectivity index (χ2n) is 8.24. The lowest BCUT2D eigenvalue weighted by atomic mass is 10.1. The van der Waals surface area contributed by atoms with E-state index in [9.17, 15) is 14.0 Å². The van der Waals surface area contributed by atoms with E-state index in [1.807, 2.05) is 6.92 Å². The van der Waals surface area contributed by atoms with Crippen molar-refractivity contribution < 1.29 is 14.0 Å². The predicted molar refractivity (Wildman–Crippen MR) is 112 cm³/mol. The molecule has 0 radical (unpaired) electrons. The number of rotatable bonds is 6. The fraction of sp³-hybridized carbons (Fsp3) is 0.636.